The van der Waals surface area contributed by atoms with E-state index >= 15 is 0 Å². The zero-order valence-corrected chi connectivity index (χ0v) is 20.2. The highest BCUT2D eigenvalue weighted by atomic mass is 35.5. The third kappa shape index (κ3) is 4.93. The van der Waals surface area contributed by atoms with Crippen LogP contribution in [0.3, 0.4) is 0 Å². The number of halogens is 2. The molecule has 0 aliphatic rings. The number of aromatic hydroxyl groups is 4. The fourth-order valence-electron chi connectivity index (χ4n) is 3.96. The maximum Gasteiger partial charge on any atom is 0.119 e. The topological polar surface area (TPSA) is 80.9 Å². The van der Waals surface area contributed by atoms with Crippen LogP contribution in [0.15, 0.2) is 60.7 Å². The van der Waals surface area contributed by atoms with Gasteiger partial charge in [-0.1, -0.05) is 47.5 Å². The Kier molecular flexibility index (Phi) is 6.65. The Morgan fingerprint density at radius 1 is 0.500 bits per heavy atom. The Morgan fingerprint density at radius 3 is 1.26 bits per heavy atom. The molecule has 0 saturated carbocycles. The van der Waals surface area contributed by atoms with E-state index in [9.17, 15) is 20.4 Å². The van der Waals surface area contributed by atoms with E-state index in [0.29, 0.717) is 45.1 Å². The summed E-state index contributed by atoms with van der Waals surface area (Å²) in [5.41, 5.74) is 6.14. The summed E-state index contributed by atoms with van der Waals surface area (Å²) in [6, 6.07) is 17.3. The standard InChI is InChI=1S/C28H24Cl2O4/c1-15-7-19(23(29)13-27(15)33)11-21-9-17(3-5-25(21)31)18-4-6-26(32)22(10-18)12-20-8-16(2)28(34)14-24(20)30/h3-10,13-14,31-34H,11-12H2,1-2H3. The summed E-state index contributed by atoms with van der Waals surface area (Å²) >= 11 is 12.6. The fourth-order valence-corrected chi connectivity index (χ4v) is 4.41. The molecule has 4 nitrogen and oxygen atoms in total. The van der Waals surface area contributed by atoms with Gasteiger partial charge in [0.15, 0.2) is 0 Å². The maximum absolute atomic E-state index is 10.5. The van der Waals surface area contributed by atoms with Crippen LogP contribution in [0.2, 0.25) is 10.0 Å². The lowest BCUT2D eigenvalue weighted by molar-refractivity contribution is 0.468. The Hall–Kier alpha value is -3.34. The van der Waals surface area contributed by atoms with Crippen LogP contribution >= 0.6 is 23.2 Å². The second kappa shape index (κ2) is 9.49. The molecule has 4 aromatic carbocycles. The van der Waals surface area contributed by atoms with Gasteiger partial charge in [-0.25, -0.2) is 0 Å². The quantitative estimate of drug-likeness (QED) is 0.235. The number of hydrogen-bond acceptors (Lipinski definition) is 4. The normalized spacial score (nSPS) is 11.1. The molecule has 0 saturated heterocycles. The molecular formula is C28H24Cl2O4. The summed E-state index contributed by atoms with van der Waals surface area (Å²) in [4.78, 5) is 0. The average Bonchev–Trinajstić information content (AvgIpc) is 2.78. The molecular weight excluding hydrogens is 471 g/mol. The Bertz CT molecular complexity index is 1290. The zero-order valence-electron chi connectivity index (χ0n) is 18.7. The van der Waals surface area contributed by atoms with E-state index in [1.165, 1.54) is 12.1 Å². The van der Waals surface area contributed by atoms with Gasteiger partial charge in [0.2, 0.25) is 0 Å². The lowest BCUT2D eigenvalue weighted by atomic mass is 9.94. The fraction of sp³-hybridized carbons (Fsp3) is 0.143. The van der Waals surface area contributed by atoms with Gasteiger partial charge in [0, 0.05) is 22.9 Å². The van der Waals surface area contributed by atoms with Crippen LogP contribution in [0, 0.1) is 13.8 Å². The molecule has 174 valence electrons. The Morgan fingerprint density at radius 2 is 0.882 bits per heavy atom. The molecule has 0 bridgehead atoms. The van der Waals surface area contributed by atoms with Crippen LogP contribution in [0.25, 0.3) is 11.1 Å². The van der Waals surface area contributed by atoms with Gasteiger partial charge >= 0.3 is 0 Å². The average molecular weight is 495 g/mol. The molecule has 6 heteroatoms. The van der Waals surface area contributed by atoms with Gasteiger partial charge in [-0.05, 0) is 94.8 Å². The van der Waals surface area contributed by atoms with E-state index in [1.54, 1.807) is 26.0 Å². The lowest BCUT2D eigenvalue weighted by Gasteiger charge is -2.13. The minimum absolute atomic E-state index is 0.132. The van der Waals surface area contributed by atoms with Crippen LogP contribution in [0.1, 0.15) is 33.4 Å². The molecule has 0 aliphatic heterocycles. The van der Waals surface area contributed by atoms with E-state index in [2.05, 4.69) is 0 Å². The van der Waals surface area contributed by atoms with Crippen molar-refractivity contribution in [2.45, 2.75) is 26.7 Å². The van der Waals surface area contributed by atoms with Gasteiger partial charge in [0.1, 0.15) is 23.0 Å². The SMILES string of the molecule is Cc1cc(Cc2cc(-c3ccc(O)c(Cc4cc(C)c(O)cc4Cl)c3)ccc2O)c(Cl)cc1O. The highest BCUT2D eigenvalue weighted by Gasteiger charge is 2.13. The molecule has 0 fully saturated rings. The Balaban J connectivity index is 1.68. The number of phenols is 4. The molecule has 0 spiro atoms. The van der Waals surface area contributed by atoms with Crippen molar-refractivity contribution in [2.24, 2.45) is 0 Å². The summed E-state index contributed by atoms with van der Waals surface area (Å²) in [6.07, 6.45) is 0.792. The van der Waals surface area contributed by atoms with Crippen molar-refractivity contribution >= 4 is 23.2 Å². The smallest absolute Gasteiger partial charge is 0.119 e. The molecule has 0 atom stereocenters. The van der Waals surface area contributed by atoms with E-state index in [1.807, 2.05) is 36.4 Å². The molecule has 0 aromatic heterocycles. The van der Waals surface area contributed by atoms with Crippen molar-refractivity contribution in [1.29, 1.82) is 0 Å². The van der Waals surface area contributed by atoms with Crippen molar-refractivity contribution in [3.63, 3.8) is 0 Å². The molecule has 0 radical (unpaired) electrons. The van der Waals surface area contributed by atoms with Gasteiger partial charge in [0.25, 0.3) is 0 Å². The van der Waals surface area contributed by atoms with E-state index < -0.39 is 0 Å². The van der Waals surface area contributed by atoms with Gasteiger partial charge in [-0.15, -0.1) is 0 Å². The molecule has 34 heavy (non-hydrogen) atoms. The summed E-state index contributed by atoms with van der Waals surface area (Å²) < 4.78 is 0. The van der Waals surface area contributed by atoms with Crippen molar-refractivity contribution in [3.05, 3.63) is 104 Å². The van der Waals surface area contributed by atoms with Crippen molar-refractivity contribution < 1.29 is 20.4 Å². The molecule has 0 unspecified atom stereocenters. The zero-order chi connectivity index (χ0) is 24.6. The van der Waals surface area contributed by atoms with Gasteiger partial charge in [-0.2, -0.15) is 0 Å². The van der Waals surface area contributed by atoms with Crippen molar-refractivity contribution in [1.82, 2.24) is 0 Å². The minimum Gasteiger partial charge on any atom is -0.508 e. The summed E-state index contributed by atoms with van der Waals surface area (Å²) in [7, 11) is 0. The van der Waals surface area contributed by atoms with Gasteiger partial charge in [-0.3, -0.25) is 0 Å². The largest absolute Gasteiger partial charge is 0.508 e. The van der Waals surface area contributed by atoms with Gasteiger partial charge < -0.3 is 20.4 Å². The number of benzene rings is 4. The number of phenolic OH excluding ortho intramolecular Hbond substituents is 4. The van der Waals surface area contributed by atoms with Crippen LogP contribution in [-0.2, 0) is 12.8 Å². The predicted octanol–water partition coefficient (Wildman–Crippen LogP) is 7.28. The Labute approximate surface area is 208 Å². The molecule has 4 rings (SSSR count). The first-order valence-corrected chi connectivity index (χ1v) is 11.5. The van der Waals surface area contributed by atoms with Crippen LogP contribution < -0.4 is 0 Å². The number of rotatable bonds is 5. The summed E-state index contributed by atoms with van der Waals surface area (Å²) in [5, 5.41) is 41.5. The second-order valence-corrected chi connectivity index (χ2v) is 9.32. The predicted molar refractivity (Wildman–Crippen MR) is 137 cm³/mol. The number of hydrogen-bond donors (Lipinski definition) is 4. The van der Waals surface area contributed by atoms with Crippen molar-refractivity contribution in [2.75, 3.05) is 0 Å². The van der Waals surface area contributed by atoms with Gasteiger partial charge in [0.05, 0.1) is 0 Å². The summed E-state index contributed by atoms with van der Waals surface area (Å²) in [6.45, 7) is 3.59. The lowest BCUT2D eigenvalue weighted by Crippen LogP contribution is -1.94. The summed E-state index contributed by atoms with van der Waals surface area (Å²) in [5.74, 6) is 0.561. The third-order valence-electron chi connectivity index (χ3n) is 5.98. The first-order valence-electron chi connectivity index (χ1n) is 10.7. The van der Waals surface area contributed by atoms with Crippen LogP contribution in [0.5, 0.6) is 23.0 Å². The first-order chi connectivity index (χ1) is 16.1. The van der Waals surface area contributed by atoms with Crippen LogP contribution in [0.4, 0.5) is 0 Å². The monoisotopic (exact) mass is 494 g/mol. The van der Waals surface area contributed by atoms with E-state index in [0.717, 1.165) is 22.3 Å². The van der Waals surface area contributed by atoms with E-state index in [-0.39, 0.29) is 23.0 Å². The van der Waals surface area contributed by atoms with Crippen molar-refractivity contribution in [3.8, 4) is 34.1 Å². The highest BCUT2D eigenvalue weighted by Crippen LogP contribution is 2.35. The first kappa shape index (κ1) is 23.8. The molecule has 0 heterocycles. The molecule has 4 aromatic rings. The highest BCUT2D eigenvalue weighted by molar-refractivity contribution is 6.31. The second-order valence-electron chi connectivity index (χ2n) is 8.50. The molecule has 0 aliphatic carbocycles. The number of aryl methyl sites for hydroxylation is 2. The maximum atomic E-state index is 10.5. The minimum atomic E-state index is 0.132. The molecule has 0 amide bonds. The van der Waals surface area contributed by atoms with Crippen LogP contribution in [-0.4, -0.2) is 20.4 Å². The molecule has 4 N–H and O–H groups in total. The van der Waals surface area contributed by atoms with E-state index in [4.69, 9.17) is 23.2 Å². The third-order valence-corrected chi connectivity index (χ3v) is 6.69.